The van der Waals surface area contributed by atoms with Crippen molar-refractivity contribution >= 4 is 11.0 Å². The van der Waals surface area contributed by atoms with Crippen LogP contribution in [0.1, 0.15) is 5.69 Å². The lowest BCUT2D eigenvalue weighted by atomic mass is 10.3. The number of pyridine rings is 1. The second-order valence-electron chi connectivity index (χ2n) is 3.70. The predicted molar refractivity (Wildman–Crippen MR) is 63.6 cm³/mol. The van der Waals surface area contributed by atoms with E-state index in [9.17, 15) is 0 Å². The third kappa shape index (κ3) is 1.29. The third-order valence-electron chi connectivity index (χ3n) is 2.61. The molecule has 3 heteroatoms. The van der Waals surface area contributed by atoms with E-state index < -0.39 is 0 Å². The normalized spacial score (nSPS) is 10.8. The molecule has 16 heavy (non-hydrogen) atoms. The molecular weight excluding hydrogens is 198 g/mol. The largest absolute Gasteiger partial charge is 0.253 e. The lowest BCUT2D eigenvalue weighted by Gasteiger charge is -2.01. The maximum Gasteiger partial charge on any atom is 0.112 e. The highest BCUT2D eigenvalue weighted by molar-refractivity contribution is 5.78. The quantitative estimate of drug-likeness (QED) is 0.617. The smallest absolute Gasteiger partial charge is 0.112 e. The molecule has 0 N–H and O–H groups in total. The summed E-state index contributed by atoms with van der Waals surface area (Å²) < 4.78 is 1.93. The van der Waals surface area contributed by atoms with Gasteiger partial charge in [0, 0.05) is 6.20 Å². The number of aryl methyl sites for hydroxylation is 1. The van der Waals surface area contributed by atoms with Crippen LogP contribution in [0, 0.1) is 6.92 Å². The topological polar surface area (TPSA) is 30.7 Å². The van der Waals surface area contributed by atoms with E-state index in [0.717, 1.165) is 22.4 Å². The van der Waals surface area contributed by atoms with Gasteiger partial charge in [0.1, 0.15) is 5.52 Å². The van der Waals surface area contributed by atoms with E-state index in [4.69, 9.17) is 0 Å². The zero-order valence-electron chi connectivity index (χ0n) is 8.96. The van der Waals surface area contributed by atoms with Crippen molar-refractivity contribution in [2.75, 3.05) is 0 Å². The average molecular weight is 209 g/mol. The third-order valence-corrected chi connectivity index (χ3v) is 2.61. The van der Waals surface area contributed by atoms with E-state index in [2.05, 4.69) is 10.1 Å². The van der Waals surface area contributed by atoms with Gasteiger partial charge in [0.2, 0.25) is 0 Å². The summed E-state index contributed by atoms with van der Waals surface area (Å²) in [4.78, 5) is 4.34. The summed E-state index contributed by atoms with van der Waals surface area (Å²) in [6, 6.07) is 14.1. The number of aromatic nitrogens is 3. The predicted octanol–water partition coefficient (Wildman–Crippen LogP) is 2.73. The minimum atomic E-state index is 0.958. The molecule has 0 unspecified atom stereocenters. The first-order valence-corrected chi connectivity index (χ1v) is 5.22. The van der Waals surface area contributed by atoms with Crippen molar-refractivity contribution in [2.45, 2.75) is 6.92 Å². The molecule has 0 aliphatic carbocycles. The van der Waals surface area contributed by atoms with Gasteiger partial charge in [-0.3, -0.25) is 4.98 Å². The van der Waals surface area contributed by atoms with E-state index in [1.165, 1.54) is 0 Å². The summed E-state index contributed by atoms with van der Waals surface area (Å²) in [6.45, 7) is 1.98. The van der Waals surface area contributed by atoms with Crippen LogP contribution >= 0.6 is 0 Å². The molecule has 0 aliphatic rings. The van der Waals surface area contributed by atoms with Gasteiger partial charge in [-0.2, -0.15) is 5.10 Å². The SMILES string of the molecule is Cc1nn(-c2ccccc2)c2cccnc12. The Morgan fingerprint density at radius 1 is 1.00 bits per heavy atom. The maximum absolute atomic E-state index is 4.51. The minimum Gasteiger partial charge on any atom is -0.253 e. The minimum absolute atomic E-state index is 0.958. The zero-order valence-corrected chi connectivity index (χ0v) is 8.96. The summed E-state index contributed by atoms with van der Waals surface area (Å²) in [5.74, 6) is 0. The Kier molecular flexibility index (Phi) is 1.96. The molecule has 0 spiro atoms. The summed E-state index contributed by atoms with van der Waals surface area (Å²) >= 11 is 0. The first-order valence-electron chi connectivity index (χ1n) is 5.22. The Labute approximate surface area is 93.4 Å². The molecule has 78 valence electrons. The van der Waals surface area contributed by atoms with E-state index in [0.29, 0.717) is 0 Å². The fraction of sp³-hybridized carbons (Fsp3) is 0.0769. The lowest BCUT2D eigenvalue weighted by molar-refractivity contribution is 0.889. The summed E-state index contributed by atoms with van der Waals surface area (Å²) in [7, 11) is 0. The van der Waals surface area contributed by atoms with Gasteiger partial charge in [0.15, 0.2) is 0 Å². The van der Waals surface area contributed by atoms with Gasteiger partial charge in [0.25, 0.3) is 0 Å². The average Bonchev–Trinajstić information content (AvgIpc) is 2.69. The molecule has 0 aliphatic heterocycles. The number of rotatable bonds is 1. The lowest BCUT2D eigenvalue weighted by Crippen LogP contribution is -1.95. The van der Waals surface area contributed by atoms with Crippen LogP contribution in [0.15, 0.2) is 48.7 Å². The van der Waals surface area contributed by atoms with Crippen molar-refractivity contribution in [2.24, 2.45) is 0 Å². The molecule has 0 bridgehead atoms. The number of nitrogens with zero attached hydrogens (tertiary/aromatic N) is 3. The summed E-state index contributed by atoms with van der Waals surface area (Å²) in [5.41, 5.74) is 4.03. The van der Waals surface area contributed by atoms with Crippen molar-refractivity contribution in [1.82, 2.24) is 14.8 Å². The van der Waals surface area contributed by atoms with Crippen LogP contribution in [0.4, 0.5) is 0 Å². The van der Waals surface area contributed by atoms with E-state index >= 15 is 0 Å². The van der Waals surface area contributed by atoms with Gasteiger partial charge in [-0.15, -0.1) is 0 Å². The monoisotopic (exact) mass is 209 g/mol. The first-order chi connectivity index (χ1) is 7.86. The Bertz CT molecular complexity index is 626. The molecule has 1 aromatic carbocycles. The van der Waals surface area contributed by atoms with Crippen molar-refractivity contribution in [3.63, 3.8) is 0 Å². The van der Waals surface area contributed by atoms with Crippen LogP contribution in [0.25, 0.3) is 16.7 Å². The van der Waals surface area contributed by atoms with Gasteiger partial charge >= 0.3 is 0 Å². The molecule has 2 aromatic heterocycles. The van der Waals surface area contributed by atoms with Crippen LogP contribution in [0.2, 0.25) is 0 Å². The molecule has 0 radical (unpaired) electrons. The zero-order chi connectivity index (χ0) is 11.0. The van der Waals surface area contributed by atoms with E-state index in [1.54, 1.807) is 6.20 Å². The highest BCUT2D eigenvalue weighted by Gasteiger charge is 2.08. The second kappa shape index (κ2) is 3.45. The summed E-state index contributed by atoms with van der Waals surface area (Å²) in [5, 5.41) is 4.51. The number of hydrogen-bond acceptors (Lipinski definition) is 2. The van der Waals surface area contributed by atoms with Crippen molar-refractivity contribution in [3.8, 4) is 5.69 Å². The van der Waals surface area contributed by atoms with Crippen molar-refractivity contribution < 1.29 is 0 Å². The molecule has 2 heterocycles. The van der Waals surface area contributed by atoms with Crippen LogP contribution < -0.4 is 0 Å². The van der Waals surface area contributed by atoms with Gasteiger partial charge in [-0.25, -0.2) is 4.68 Å². The number of para-hydroxylation sites is 1. The first kappa shape index (κ1) is 9.09. The van der Waals surface area contributed by atoms with Crippen LogP contribution in [0.3, 0.4) is 0 Å². The Balaban J connectivity index is 2.33. The van der Waals surface area contributed by atoms with E-state index in [1.807, 2.05) is 54.1 Å². The van der Waals surface area contributed by atoms with Gasteiger partial charge in [-0.05, 0) is 31.2 Å². The molecule has 3 aromatic rings. The molecular formula is C13H11N3. The fourth-order valence-electron chi connectivity index (χ4n) is 1.86. The van der Waals surface area contributed by atoms with Gasteiger partial charge in [0.05, 0.1) is 16.9 Å². The molecule has 0 atom stereocenters. The Morgan fingerprint density at radius 2 is 1.81 bits per heavy atom. The summed E-state index contributed by atoms with van der Waals surface area (Å²) in [6.07, 6.45) is 1.80. The Morgan fingerprint density at radius 3 is 2.62 bits per heavy atom. The standard InChI is InChI=1S/C13H11N3/c1-10-13-12(8-5-9-14-13)16(15-10)11-6-3-2-4-7-11/h2-9H,1H3. The molecule has 0 fully saturated rings. The van der Waals surface area contributed by atoms with Gasteiger partial charge < -0.3 is 0 Å². The second-order valence-corrected chi connectivity index (χ2v) is 3.70. The van der Waals surface area contributed by atoms with Crippen molar-refractivity contribution in [1.29, 1.82) is 0 Å². The Hall–Kier alpha value is -2.16. The molecule has 0 saturated carbocycles. The number of hydrogen-bond donors (Lipinski definition) is 0. The molecule has 0 amide bonds. The van der Waals surface area contributed by atoms with Gasteiger partial charge in [-0.1, -0.05) is 18.2 Å². The van der Waals surface area contributed by atoms with Crippen LogP contribution in [-0.4, -0.2) is 14.8 Å². The maximum atomic E-state index is 4.51. The number of fused-ring (bicyclic) bond motifs is 1. The molecule has 3 nitrogen and oxygen atoms in total. The highest BCUT2D eigenvalue weighted by Crippen LogP contribution is 2.18. The number of benzene rings is 1. The van der Waals surface area contributed by atoms with Crippen molar-refractivity contribution in [3.05, 3.63) is 54.4 Å². The fourth-order valence-corrected chi connectivity index (χ4v) is 1.86. The van der Waals surface area contributed by atoms with Crippen LogP contribution in [0.5, 0.6) is 0 Å². The van der Waals surface area contributed by atoms with Crippen LogP contribution in [-0.2, 0) is 0 Å². The highest BCUT2D eigenvalue weighted by atomic mass is 15.3. The molecule has 3 rings (SSSR count). The molecule has 0 saturated heterocycles. The van der Waals surface area contributed by atoms with E-state index in [-0.39, 0.29) is 0 Å².